The first-order chi connectivity index (χ1) is 8.28. The summed E-state index contributed by atoms with van der Waals surface area (Å²) in [6.45, 7) is 0. The maximum atomic E-state index is 5.79. The van der Waals surface area contributed by atoms with Gasteiger partial charge in [0, 0.05) is 17.5 Å². The lowest BCUT2D eigenvalue weighted by molar-refractivity contribution is 0.417. The molecule has 0 aliphatic heterocycles. The Kier molecular flexibility index (Phi) is 2.45. The van der Waals surface area contributed by atoms with E-state index in [2.05, 4.69) is 15.2 Å². The molecule has 0 unspecified atom stereocenters. The number of hydrogen-bond acceptors (Lipinski definition) is 5. The van der Waals surface area contributed by atoms with Gasteiger partial charge in [0.2, 0.25) is 0 Å². The smallest absolute Gasteiger partial charge is 0.179 e. The number of rotatable bonds is 2. The molecule has 3 rings (SSSR count). The zero-order valence-electron chi connectivity index (χ0n) is 8.79. The lowest BCUT2D eigenvalue weighted by atomic mass is 10.4. The average molecular weight is 267 g/mol. The van der Waals surface area contributed by atoms with Gasteiger partial charge in [-0.1, -0.05) is 11.6 Å². The predicted molar refractivity (Wildman–Crippen MR) is 65.7 cm³/mol. The summed E-state index contributed by atoms with van der Waals surface area (Å²) in [5, 5.41) is 10.5. The number of halogens is 1. The predicted octanol–water partition coefficient (Wildman–Crippen LogP) is 2.51. The normalized spacial score (nSPS) is 10.9. The molecule has 0 amide bonds. The van der Waals surface area contributed by atoms with Crippen molar-refractivity contribution in [2.75, 3.05) is 7.11 Å². The van der Waals surface area contributed by atoms with Gasteiger partial charge in [-0.3, -0.25) is 4.40 Å². The molecule has 3 aromatic rings. The lowest BCUT2D eigenvalue weighted by Crippen LogP contribution is -1.89. The van der Waals surface area contributed by atoms with Crippen LogP contribution in [0.15, 0.2) is 23.8 Å². The molecule has 5 nitrogen and oxygen atoms in total. The Morgan fingerprint density at radius 2 is 2.24 bits per heavy atom. The van der Waals surface area contributed by atoms with Crippen LogP contribution in [0.2, 0.25) is 5.15 Å². The Balaban J connectivity index is 2.17. The van der Waals surface area contributed by atoms with Crippen LogP contribution in [-0.4, -0.2) is 26.7 Å². The van der Waals surface area contributed by atoms with Crippen molar-refractivity contribution in [2.24, 2.45) is 0 Å². The second-order valence-electron chi connectivity index (χ2n) is 3.31. The quantitative estimate of drug-likeness (QED) is 0.669. The van der Waals surface area contributed by atoms with Crippen LogP contribution in [-0.2, 0) is 0 Å². The molecule has 0 atom stereocenters. The minimum absolute atomic E-state index is 0.403. The fourth-order valence-electron chi connectivity index (χ4n) is 1.48. The van der Waals surface area contributed by atoms with Crippen LogP contribution in [0.5, 0.6) is 5.75 Å². The number of hydrogen-bond donors (Lipinski definition) is 0. The Hall–Kier alpha value is -1.66. The first-order valence-corrected chi connectivity index (χ1v) is 6.03. The van der Waals surface area contributed by atoms with Gasteiger partial charge in [0.15, 0.2) is 11.5 Å². The summed E-state index contributed by atoms with van der Waals surface area (Å²) >= 11 is 7.33. The van der Waals surface area contributed by atoms with Crippen LogP contribution in [0.4, 0.5) is 0 Å². The fraction of sp³-hybridized carbons (Fsp3) is 0.100. The van der Waals surface area contributed by atoms with Crippen LogP contribution >= 0.6 is 22.9 Å². The summed E-state index contributed by atoms with van der Waals surface area (Å²) < 4.78 is 6.93. The monoisotopic (exact) mass is 266 g/mol. The van der Waals surface area contributed by atoms with Crippen molar-refractivity contribution in [3.63, 3.8) is 0 Å². The van der Waals surface area contributed by atoms with Crippen molar-refractivity contribution in [3.8, 4) is 16.5 Å². The molecule has 0 spiro atoms. The Bertz CT molecular complexity index is 678. The minimum Gasteiger partial charge on any atom is -0.496 e. The second kappa shape index (κ2) is 3.97. The van der Waals surface area contributed by atoms with Crippen molar-refractivity contribution in [2.45, 2.75) is 0 Å². The summed E-state index contributed by atoms with van der Waals surface area (Å²) in [6.07, 6.45) is 1.61. The molecule has 0 bridgehead atoms. The zero-order chi connectivity index (χ0) is 11.8. The molecule has 0 N–H and O–H groups in total. The van der Waals surface area contributed by atoms with E-state index in [-0.39, 0.29) is 0 Å². The van der Waals surface area contributed by atoms with Crippen molar-refractivity contribution in [3.05, 3.63) is 29.0 Å². The second-order valence-corrected chi connectivity index (χ2v) is 4.61. The number of methoxy groups -OCH3 is 1. The highest BCUT2D eigenvalue weighted by Gasteiger charge is 2.11. The molecule has 7 heteroatoms. The molecule has 0 fully saturated rings. The summed E-state index contributed by atoms with van der Waals surface area (Å²) in [6, 6.07) is 3.58. The van der Waals surface area contributed by atoms with Gasteiger partial charge in [-0.15, -0.1) is 21.5 Å². The van der Waals surface area contributed by atoms with Gasteiger partial charge in [-0.2, -0.15) is 0 Å². The first kappa shape index (κ1) is 10.5. The highest BCUT2D eigenvalue weighted by Crippen LogP contribution is 2.29. The van der Waals surface area contributed by atoms with Crippen LogP contribution < -0.4 is 4.74 Å². The Morgan fingerprint density at radius 3 is 3.00 bits per heavy atom. The molecule has 0 saturated heterocycles. The molecular weight excluding hydrogens is 260 g/mol. The van der Waals surface area contributed by atoms with Gasteiger partial charge in [0.1, 0.15) is 17.2 Å². The van der Waals surface area contributed by atoms with Gasteiger partial charge in [0.05, 0.1) is 12.0 Å². The van der Waals surface area contributed by atoms with Gasteiger partial charge in [-0.25, -0.2) is 4.98 Å². The average Bonchev–Trinajstić information content (AvgIpc) is 2.93. The molecule has 0 radical (unpaired) electrons. The highest BCUT2D eigenvalue weighted by atomic mass is 35.5. The Morgan fingerprint density at radius 1 is 1.35 bits per heavy atom. The summed E-state index contributed by atoms with van der Waals surface area (Å²) in [5.74, 6) is 1.54. The molecule has 86 valence electrons. The summed E-state index contributed by atoms with van der Waals surface area (Å²) in [7, 11) is 1.63. The van der Waals surface area contributed by atoms with Crippen LogP contribution in [0.1, 0.15) is 0 Å². The minimum atomic E-state index is 0.403. The fourth-order valence-corrected chi connectivity index (χ4v) is 2.46. The van der Waals surface area contributed by atoms with E-state index in [1.54, 1.807) is 35.2 Å². The van der Waals surface area contributed by atoms with Crippen molar-refractivity contribution >= 4 is 28.6 Å². The molecule has 3 heterocycles. The van der Waals surface area contributed by atoms with E-state index in [4.69, 9.17) is 16.3 Å². The number of ether oxygens (including phenoxy) is 1. The molecule has 17 heavy (non-hydrogen) atoms. The van der Waals surface area contributed by atoms with E-state index in [1.165, 1.54) is 0 Å². The number of nitrogens with zero attached hydrogens (tertiary/aromatic N) is 4. The van der Waals surface area contributed by atoms with Gasteiger partial charge < -0.3 is 4.74 Å². The zero-order valence-corrected chi connectivity index (χ0v) is 10.4. The SMILES string of the molecule is COc1csc(-c2nnc3cc(Cl)ncn23)c1. The van der Waals surface area contributed by atoms with Crippen LogP contribution in [0.3, 0.4) is 0 Å². The Labute approximate surface area is 106 Å². The third-order valence-corrected chi connectivity index (χ3v) is 3.41. The van der Waals surface area contributed by atoms with E-state index >= 15 is 0 Å². The van der Waals surface area contributed by atoms with E-state index < -0.39 is 0 Å². The molecular formula is C10H7ClN4OS. The standard InChI is InChI=1S/C10H7ClN4OS/c1-16-6-2-7(17-4-6)10-14-13-9-3-8(11)12-5-15(9)10/h2-5H,1H3. The summed E-state index contributed by atoms with van der Waals surface area (Å²) in [4.78, 5) is 4.99. The van der Waals surface area contributed by atoms with Gasteiger partial charge in [0.25, 0.3) is 0 Å². The number of thiophene rings is 1. The van der Waals surface area contributed by atoms with Crippen LogP contribution in [0, 0.1) is 0 Å². The number of aromatic nitrogens is 4. The molecule has 0 aliphatic rings. The van der Waals surface area contributed by atoms with Gasteiger partial charge in [-0.05, 0) is 0 Å². The molecule has 0 aromatic carbocycles. The van der Waals surface area contributed by atoms with E-state index in [1.807, 2.05) is 11.4 Å². The molecule has 0 aliphatic carbocycles. The number of fused-ring (bicyclic) bond motifs is 1. The van der Waals surface area contributed by atoms with E-state index in [9.17, 15) is 0 Å². The largest absolute Gasteiger partial charge is 0.496 e. The van der Waals surface area contributed by atoms with Crippen LogP contribution in [0.25, 0.3) is 16.3 Å². The topological polar surface area (TPSA) is 52.3 Å². The maximum absolute atomic E-state index is 5.79. The molecule has 0 saturated carbocycles. The maximum Gasteiger partial charge on any atom is 0.179 e. The third kappa shape index (κ3) is 1.75. The van der Waals surface area contributed by atoms with E-state index in [0.717, 1.165) is 16.5 Å². The van der Waals surface area contributed by atoms with E-state index in [0.29, 0.717) is 10.8 Å². The first-order valence-electron chi connectivity index (χ1n) is 4.77. The molecule has 3 aromatic heterocycles. The highest BCUT2D eigenvalue weighted by molar-refractivity contribution is 7.13. The summed E-state index contributed by atoms with van der Waals surface area (Å²) in [5.41, 5.74) is 0.673. The van der Waals surface area contributed by atoms with Gasteiger partial charge >= 0.3 is 0 Å². The van der Waals surface area contributed by atoms with Crippen molar-refractivity contribution in [1.82, 2.24) is 19.6 Å². The third-order valence-electron chi connectivity index (χ3n) is 2.30. The van der Waals surface area contributed by atoms with Crippen molar-refractivity contribution in [1.29, 1.82) is 0 Å². The lowest BCUT2D eigenvalue weighted by Gasteiger charge is -1.95. The van der Waals surface area contributed by atoms with Crippen molar-refractivity contribution < 1.29 is 4.74 Å².